The van der Waals surface area contributed by atoms with Crippen LogP contribution in [0.5, 0.6) is 0 Å². The minimum Gasteiger partial charge on any atom is -0.337 e. The van der Waals surface area contributed by atoms with E-state index in [-0.39, 0.29) is 18.3 Å². The summed E-state index contributed by atoms with van der Waals surface area (Å²) in [6.07, 6.45) is 5.21. The molecule has 0 radical (unpaired) electrons. The maximum Gasteiger partial charge on any atom is 0.274 e. The Bertz CT molecular complexity index is 451. The Kier molecular flexibility index (Phi) is 4.47. The quantitative estimate of drug-likeness (QED) is 0.855. The van der Waals surface area contributed by atoms with Crippen molar-refractivity contribution in [2.45, 2.75) is 32.1 Å². The van der Waals surface area contributed by atoms with E-state index in [1.165, 1.54) is 0 Å². The largest absolute Gasteiger partial charge is 0.337 e. The highest BCUT2D eigenvalue weighted by molar-refractivity contribution is 5.94. The number of amides is 1. The first kappa shape index (κ1) is 14.3. The fraction of sp³-hybridized carbons (Fsp3) is 0.692. The first-order valence-electron chi connectivity index (χ1n) is 6.85. The molecule has 106 valence electrons. The molecule has 6 heteroatoms. The van der Waals surface area contributed by atoms with Gasteiger partial charge in [0, 0.05) is 24.3 Å². The molecule has 3 rings (SSSR count). The van der Waals surface area contributed by atoms with E-state index in [0.29, 0.717) is 11.6 Å². The summed E-state index contributed by atoms with van der Waals surface area (Å²) in [7, 11) is 0. The molecule has 2 heterocycles. The number of halogens is 1. The number of rotatable bonds is 2. The number of nitrogens with zero attached hydrogens (tertiary/aromatic N) is 2. The average molecular weight is 285 g/mol. The van der Waals surface area contributed by atoms with Crippen LogP contribution in [0.4, 0.5) is 0 Å². The summed E-state index contributed by atoms with van der Waals surface area (Å²) < 4.78 is 0. The van der Waals surface area contributed by atoms with E-state index in [0.717, 1.165) is 63.0 Å². The number of aryl methyl sites for hydroxylation is 1. The topological polar surface area (TPSA) is 75.0 Å². The van der Waals surface area contributed by atoms with E-state index in [1.807, 2.05) is 4.90 Å². The zero-order valence-electron chi connectivity index (χ0n) is 11.0. The Hall–Kier alpha value is -1.07. The van der Waals surface area contributed by atoms with Gasteiger partial charge in [0.05, 0.1) is 0 Å². The van der Waals surface area contributed by atoms with Crippen LogP contribution in [-0.2, 0) is 12.8 Å². The van der Waals surface area contributed by atoms with E-state index >= 15 is 0 Å². The van der Waals surface area contributed by atoms with Gasteiger partial charge in [-0.3, -0.25) is 9.89 Å². The van der Waals surface area contributed by atoms with Crippen molar-refractivity contribution in [3.05, 3.63) is 17.0 Å². The van der Waals surface area contributed by atoms with Crippen LogP contribution in [-0.4, -0.2) is 40.6 Å². The average Bonchev–Trinajstić information content (AvgIpc) is 3.00. The SMILES string of the molecule is Cl.NCC1CCN(C(=O)c2n[nH]c3c2CCC3)CC1. The van der Waals surface area contributed by atoms with Gasteiger partial charge >= 0.3 is 0 Å². The van der Waals surface area contributed by atoms with Crippen LogP contribution in [0.15, 0.2) is 0 Å². The lowest BCUT2D eigenvalue weighted by Gasteiger charge is -2.31. The third-order valence-electron chi connectivity index (χ3n) is 4.24. The third kappa shape index (κ3) is 2.62. The number of aromatic amines is 1. The van der Waals surface area contributed by atoms with Crippen molar-refractivity contribution in [3.63, 3.8) is 0 Å². The fourth-order valence-corrected chi connectivity index (χ4v) is 3.02. The number of aromatic nitrogens is 2. The lowest BCUT2D eigenvalue weighted by atomic mass is 9.97. The van der Waals surface area contributed by atoms with Gasteiger partial charge in [0.15, 0.2) is 5.69 Å². The minimum absolute atomic E-state index is 0. The number of H-pyrrole nitrogens is 1. The molecular weight excluding hydrogens is 264 g/mol. The van der Waals surface area contributed by atoms with E-state index in [4.69, 9.17) is 5.73 Å². The van der Waals surface area contributed by atoms with Crippen molar-refractivity contribution < 1.29 is 4.79 Å². The molecule has 0 unspecified atom stereocenters. The highest BCUT2D eigenvalue weighted by Crippen LogP contribution is 2.25. The molecule has 0 atom stereocenters. The van der Waals surface area contributed by atoms with Crippen molar-refractivity contribution in [2.24, 2.45) is 11.7 Å². The number of carbonyl (C=O) groups excluding carboxylic acids is 1. The number of nitrogens with two attached hydrogens (primary N) is 1. The summed E-state index contributed by atoms with van der Waals surface area (Å²) in [5.74, 6) is 0.684. The molecule has 0 saturated carbocycles. The van der Waals surface area contributed by atoms with Crippen LogP contribution in [0, 0.1) is 5.92 Å². The Morgan fingerprint density at radius 2 is 2.11 bits per heavy atom. The van der Waals surface area contributed by atoms with Gasteiger partial charge in [-0.1, -0.05) is 0 Å². The lowest BCUT2D eigenvalue weighted by Crippen LogP contribution is -2.40. The molecule has 0 bridgehead atoms. The molecule has 1 aromatic heterocycles. The second-order valence-corrected chi connectivity index (χ2v) is 5.35. The second kappa shape index (κ2) is 5.92. The first-order chi connectivity index (χ1) is 8.79. The molecule has 1 fully saturated rings. The normalized spacial score (nSPS) is 19.1. The van der Waals surface area contributed by atoms with Crippen LogP contribution in [0.25, 0.3) is 0 Å². The summed E-state index contributed by atoms with van der Waals surface area (Å²) in [4.78, 5) is 14.4. The molecule has 1 amide bonds. The number of hydrogen-bond donors (Lipinski definition) is 2. The number of fused-ring (bicyclic) bond motifs is 1. The van der Waals surface area contributed by atoms with E-state index in [2.05, 4.69) is 10.2 Å². The molecule has 3 N–H and O–H groups in total. The van der Waals surface area contributed by atoms with E-state index in [1.54, 1.807) is 0 Å². The molecule has 0 spiro atoms. The van der Waals surface area contributed by atoms with Gasteiger partial charge in [0.25, 0.3) is 5.91 Å². The number of piperidine rings is 1. The van der Waals surface area contributed by atoms with Crippen molar-refractivity contribution in [3.8, 4) is 0 Å². The van der Waals surface area contributed by atoms with Gasteiger partial charge in [-0.2, -0.15) is 5.10 Å². The first-order valence-corrected chi connectivity index (χ1v) is 6.85. The summed E-state index contributed by atoms with van der Waals surface area (Å²) in [6.45, 7) is 2.38. The predicted molar refractivity (Wildman–Crippen MR) is 75.5 cm³/mol. The van der Waals surface area contributed by atoms with Gasteiger partial charge in [0.2, 0.25) is 0 Å². The number of hydrogen-bond acceptors (Lipinski definition) is 3. The van der Waals surface area contributed by atoms with E-state index < -0.39 is 0 Å². The Morgan fingerprint density at radius 1 is 1.37 bits per heavy atom. The monoisotopic (exact) mass is 284 g/mol. The Balaban J connectivity index is 0.00000133. The van der Waals surface area contributed by atoms with Gasteiger partial charge < -0.3 is 10.6 Å². The molecule has 1 aromatic rings. The number of nitrogens with one attached hydrogen (secondary N) is 1. The van der Waals surface area contributed by atoms with Gasteiger partial charge in [-0.05, 0) is 44.6 Å². The highest BCUT2D eigenvalue weighted by atomic mass is 35.5. The molecule has 5 nitrogen and oxygen atoms in total. The summed E-state index contributed by atoms with van der Waals surface area (Å²) in [5.41, 5.74) is 8.65. The van der Waals surface area contributed by atoms with Gasteiger partial charge in [-0.25, -0.2) is 0 Å². The van der Waals surface area contributed by atoms with Crippen molar-refractivity contribution in [1.29, 1.82) is 0 Å². The Labute approximate surface area is 119 Å². The molecular formula is C13H21ClN4O. The minimum atomic E-state index is 0. The summed E-state index contributed by atoms with van der Waals surface area (Å²) >= 11 is 0. The third-order valence-corrected chi connectivity index (χ3v) is 4.24. The molecule has 0 aromatic carbocycles. The van der Waals surface area contributed by atoms with E-state index in [9.17, 15) is 4.79 Å². The maximum absolute atomic E-state index is 12.4. The summed E-state index contributed by atoms with van der Waals surface area (Å²) in [6, 6.07) is 0. The Morgan fingerprint density at radius 3 is 2.79 bits per heavy atom. The van der Waals surface area contributed by atoms with Gasteiger partial charge in [0.1, 0.15) is 0 Å². The zero-order chi connectivity index (χ0) is 12.5. The summed E-state index contributed by atoms with van der Waals surface area (Å²) in [5, 5.41) is 7.22. The van der Waals surface area contributed by atoms with Crippen LogP contribution in [0.1, 0.15) is 41.0 Å². The van der Waals surface area contributed by atoms with Crippen LogP contribution < -0.4 is 5.73 Å². The zero-order valence-corrected chi connectivity index (χ0v) is 11.8. The van der Waals surface area contributed by atoms with Gasteiger partial charge in [-0.15, -0.1) is 12.4 Å². The highest BCUT2D eigenvalue weighted by Gasteiger charge is 2.28. The maximum atomic E-state index is 12.4. The molecule has 2 aliphatic rings. The van der Waals surface area contributed by atoms with Crippen LogP contribution in [0.3, 0.4) is 0 Å². The second-order valence-electron chi connectivity index (χ2n) is 5.35. The number of likely N-dealkylation sites (tertiary alicyclic amines) is 1. The smallest absolute Gasteiger partial charge is 0.274 e. The van der Waals surface area contributed by atoms with Crippen molar-refractivity contribution in [2.75, 3.05) is 19.6 Å². The molecule has 1 aliphatic heterocycles. The predicted octanol–water partition coefficient (Wildman–Crippen LogP) is 1.13. The molecule has 1 saturated heterocycles. The van der Waals surface area contributed by atoms with Crippen LogP contribution >= 0.6 is 12.4 Å². The fourth-order valence-electron chi connectivity index (χ4n) is 3.02. The van der Waals surface area contributed by atoms with Crippen molar-refractivity contribution in [1.82, 2.24) is 15.1 Å². The number of carbonyl (C=O) groups is 1. The van der Waals surface area contributed by atoms with Crippen LogP contribution in [0.2, 0.25) is 0 Å². The lowest BCUT2D eigenvalue weighted by molar-refractivity contribution is 0.0686. The van der Waals surface area contributed by atoms with Crippen molar-refractivity contribution >= 4 is 18.3 Å². The molecule has 1 aliphatic carbocycles. The molecule has 19 heavy (non-hydrogen) atoms. The standard InChI is InChI=1S/C13H20N4O.ClH/c14-8-9-4-6-17(7-5-9)13(18)12-10-2-1-3-11(10)15-16-12;/h9H,1-8,14H2,(H,15,16);1H.